The molecule has 0 saturated heterocycles. The van der Waals surface area contributed by atoms with Crippen molar-refractivity contribution in [1.29, 1.82) is 0 Å². The molecular formula is C14H18N4O. The van der Waals surface area contributed by atoms with Gasteiger partial charge in [-0.1, -0.05) is 30.3 Å². The van der Waals surface area contributed by atoms with E-state index in [1.54, 1.807) is 19.4 Å². The van der Waals surface area contributed by atoms with E-state index in [2.05, 4.69) is 10.3 Å². The number of aryl methyl sites for hydroxylation is 1. The number of aromatic nitrogens is 2. The topological polar surface area (TPSA) is 72.9 Å². The van der Waals surface area contributed by atoms with E-state index in [9.17, 15) is 4.79 Å². The van der Waals surface area contributed by atoms with Crippen LogP contribution in [-0.2, 0) is 7.05 Å². The van der Waals surface area contributed by atoms with E-state index in [0.717, 1.165) is 12.0 Å². The summed E-state index contributed by atoms with van der Waals surface area (Å²) in [6.07, 6.45) is 3.97. The lowest BCUT2D eigenvalue weighted by Crippen LogP contribution is -2.23. The van der Waals surface area contributed by atoms with Gasteiger partial charge in [0.25, 0.3) is 5.56 Å². The highest BCUT2D eigenvalue weighted by molar-refractivity contribution is 5.30. The van der Waals surface area contributed by atoms with E-state index in [-0.39, 0.29) is 11.6 Å². The monoisotopic (exact) mass is 258 g/mol. The molecule has 3 N–H and O–H groups in total. The quantitative estimate of drug-likeness (QED) is 0.847. The van der Waals surface area contributed by atoms with Gasteiger partial charge in [-0.15, -0.1) is 0 Å². The minimum Gasteiger partial charge on any atom is -0.365 e. The summed E-state index contributed by atoms with van der Waals surface area (Å²) in [6.45, 7) is 0.613. The first kappa shape index (κ1) is 13.3. The van der Waals surface area contributed by atoms with Crippen molar-refractivity contribution in [3.63, 3.8) is 0 Å². The number of benzene rings is 1. The number of hydrogen-bond acceptors (Lipinski definition) is 4. The standard InChI is InChI=1S/C14H18N4O/c1-18-10-9-17-13(14(18)19)16-8-7-12(15)11-5-3-2-4-6-11/h2-6,9-10,12H,7-8,15H2,1H3,(H,16,17). The van der Waals surface area contributed by atoms with Crippen molar-refractivity contribution in [3.8, 4) is 0 Å². The average molecular weight is 258 g/mol. The van der Waals surface area contributed by atoms with Crippen molar-refractivity contribution < 1.29 is 0 Å². The summed E-state index contributed by atoms with van der Waals surface area (Å²) in [4.78, 5) is 15.7. The number of anilines is 1. The van der Waals surface area contributed by atoms with Gasteiger partial charge in [0.1, 0.15) is 0 Å². The maximum absolute atomic E-state index is 11.7. The van der Waals surface area contributed by atoms with E-state index >= 15 is 0 Å². The fourth-order valence-electron chi connectivity index (χ4n) is 1.83. The number of hydrogen-bond donors (Lipinski definition) is 2. The molecule has 19 heavy (non-hydrogen) atoms. The first-order valence-electron chi connectivity index (χ1n) is 6.24. The first-order valence-corrected chi connectivity index (χ1v) is 6.24. The van der Waals surface area contributed by atoms with Gasteiger partial charge in [-0.3, -0.25) is 4.79 Å². The van der Waals surface area contributed by atoms with Crippen LogP contribution in [0.5, 0.6) is 0 Å². The third kappa shape index (κ3) is 3.42. The van der Waals surface area contributed by atoms with Crippen LogP contribution in [0.25, 0.3) is 0 Å². The lowest BCUT2D eigenvalue weighted by atomic mass is 10.1. The van der Waals surface area contributed by atoms with Crippen LogP contribution < -0.4 is 16.6 Å². The van der Waals surface area contributed by atoms with Crippen molar-refractivity contribution in [2.75, 3.05) is 11.9 Å². The van der Waals surface area contributed by atoms with Crippen LogP contribution in [0.4, 0.5) is 5.82 Å². The average Bonchev–Trinajstić information content (AvgIpc) is 2.44. The first-order chi connectivity index (χ1) is 9.18. The van der Waals surface area contributed by atoms with Gasteiger partial charge in [-0.05, 0) is 12.0 Å². The number of nitrogens with zero attached hydrogens (tertiary/aromatic N) is 2. The van der Waals surface area contributed by atoms with Gasteiger partial charge in [0, 0.05) is 32.0 Å². The van der Waals surface area contributed by atoms with Crippen molar-refractivity contribution in [2.45, 2.75) is 12.5 Å². The van der Waals surface area contributed by atoms with Crippen molar-refractivity contribution in [1.82, 2.24) is 9.55 Å². The third-order valence-electron chi connectivity index (χ3n) is 2.99. The van der Waals surface area contributed by atoms with E-state index in [1.807, 2.05) is 30.3 Å². The van der Waals surface area contributed by atoms with E-state index in [4.69, 9.17) is 5.73 Å². The molecule has 100 valence electrons. The van der Waals surface area contributed by atoms with Crippen LogP contribution >= 0.6 is 0 Å². The smallest absolute Gasteiger partial charge is 0.293 e. The Morgan fingerprint density at radius 1 is 1.37 bits per heavy atom. The molecule has 1 unspecified atom stereocenters. The van der Waals surface area contributed by atoms with Crippen molar-refractivity contribution in [3.05, 3.63) is 58.6 Å². The molecule has 5 heteroatoms. The van der Waals surface area contributed by atoms with Crippen LogP contribution in [0.1, 0.15) is 18.0 Å². The summed E-state index contributed by atoms with van der Waals surface area (Å²) in [6, 6.07) is 9.87. The lowest BCUT2D eigenvalue weighted by Gasteiger charge is -2.12. The second-order valence-corrected chi connectivity index (χ2v) is 4.42. The summed E-state index contributed by atoms with van der Waals surface area (Å²) < 4.78 is 1.49. The molecule has 5 nitrogen and oxygen atoms in total. The van der Waals surface area contributed by atoms with Gasteiger partial charge in [-0.2, -0.15) is 0 Å². The molecule has 0 fully saturated rings. The van der Waals surface area contributed by atoms with Crippen LogP contribution in [0.3, 0.4) is 0 Å². The molecular weight excluding hydrogens is 240 g/mol. The van der Waals surface area contributed by atoms with Crippen LogP contribution in [-0.4, -0.2) is 16.1 Å². The largest absolute Gasteiger partial charge is 0.365 e. The highest BCUT2D eigenvalue weighted by Crippen LogP contribution is 2.12. The molecule has 1 heterocycles. The molecule has 0 aliphatic carbocycles. The minimum absolute atomic E-state index is 0.0405. The van der Waals surface area contributed by atoms with Gasteiger partial charge in [0.2, 0.25) is 0 Å². The summed E-state index contributed by atoms with van der Waals surface area (Å²) >= 11 is 0. The Kier molecular flexibility index (Phi) is 4.30. The van der Waals surface area contributed by atoms with Crippen LogP contribution in [0.15, 0.2) is 47.5 Å². The molecule has 0 saturated carbocycles. The van der Waals surface area contributed by atoms with Gasteiger partial charge in [0.05, 0.1) is 0 Å². The van der Waals surface area contributed by atoms with Crippen LogP contribution in [0.2, 0.25) is 0 Å². The predicted molar refractivity (Wildman–Crippen MR) is 76.0 cm³/mol. The maximum Gasteiger partial charge on any atom is 0.293 e. The number of nitrogens with one attached hydrogen (secondary N) is 1. The van der Waals surface area contributed by atoms with E-state index < -0.39 is 0 Å². The maximum atomic E-state index is 11.7. The Morgan fingerprint density at radius 2 is 2.11 bits per heavy atom. The fourth-order valence-corrected chi connectivity index (χ4v) is 1.83. The molecule has 1 aromatic heterocycles. The van der Waals surface area contributed by atoms with E-state index in [1.165, 1.54) is 4.57 Å². The highest BCUT2D eigenvalue weighted by Gasteiger charge is 2.06. The highest BCUT2D eigenvalue weighted by atomic mass is 16.1. The molecule has 2 aromatic rings. The van der Waals surface area contributed by atoms with Gasteiger partial charge >= 0.3 is 0 Å². The molecule has 1 atom stereocenters. The van der Waals surface area contributed by atoms with Gasteiger partial charge < -0.3 is 15.6 Å². The van der Waals surface area contributed by atoms with Crippen molar-refractivity contribution >= 4 is 5.82 Å². The third-order valence-corrected chi connectivity index (χ3v) is 2.99. The van der Waals surface area contributed by atoms with Crippen LogP contribution in [0, 0.1) is 0 Å². The lowest BCUT2D eigenvalue weighted by molar-refractivity contribution is 0.672. The Balaban J connectivity index is 1.90. The molecule has 0 aliphatic heterocycles. The molecule has 0 spiro atoms. The Hall–Kier alpha value is -2.14. The number of rotatable bonds is 5. The SMILES string of the molecule is Cn1ccnc(NCCC(N)c2ccccc2)c1=O. The summed E-state index contributed by atoms with van der Waals surface area (Å²) in [5.41, 5.74) is 7.05. The Labute approximate surface area is 112 Å². The number of nitrogens with two attached hydrogens (primary N) is 1. The second kappa shape index (κ2) is 6.15. The summed E-state index contributed by atoms with van der Waals surface area (Å²) in [7, 11) is 1.70. The van der Waals surface area contributed by atoms with Gasteiger partial charge in [0.15, 0.2) is 5.82 Å². The van der Waals surface area contributed by atoms with E-state index in [0.29, 0.717) is 12.4 Å². The molecule has 1 aromatic carbocycles. The Morgan fingerprint density at radius 3 is 2.84 bits per heavy atom. The molecule has 0 aliphatic rings. The zero-order valence-corrected chi connectivity index (χ0v) is 10.9. The summed E-state index contributed by atoms with van der Waals surface area (Å²) in [5.74, 6) is 0.366. The van der Waals surface area contributed by atoms with Crippen molar-refractivity contribution in [2.24, 2.45) is 12.8 Å². The predicted octanol–water partition coefficient (Wildman–Crippen LogP) is 1.28. The van der Waals surface area contributed by atoms with Gasteiger partial charge in [-0.25, -0.2) is 4.98 Å². The Bertz CT molecular complexity index is 579. The normalized spacial score (nSPS) is 12.1. The fraction of sp³-hybridized carbons (Fsp3) is 0.286. The molecule has 0 radical (unpaired) electrons. The molecule has 0 bridgehead atoms. The zero-order valence-electron chi connectivity index (χ0n) is 10.9. The molecule has 2 rings (SSSR count). The summed E-state index contributed by atoms with van der Waals surface area (Å²) in [5, 5.41) is 3.03. The zero-order chi connectivity index (χ0) is 13.7. The minimum atomic E-state index is -0.129. The molecule has 0 amide bonds. The second-order valence-electron chi connectivity index (χ2n) is 4.42.